The van der Waals surface area contributed by atoms with Gasteiger partial charge in [0.1, 0.15) is 0 Å². The first-order valence-electron chi connectivity index (χ1n) is 7.74. The second kappa shape index (κ2) is 6.90. The third-order valence-electron chi connectivity index (χ3n) is 3.57. The predicted molar refractivity (Wildman–Crippen MR) is 102 cm³/mol. The number of anilines is 3. The van der Waals surface area contributed by atoms with E-state index in [4.69, 9.17) is 0 Å². The summed E-state index contributed by atoms with van der Waals surface area (Å²) in [5.41, 5.74) is 4.21. The summed E-state index contributed by atoms with van der Waals surface area (Å²) in [5.74, 6) is -0.162. The van der Waals surface area contributed by atoms with E-state index in [2.05, 4.69) is 20.9 Å². The van der Waals surface area contributed by atoms with Gasteiger partial charge in [-0.1, -0.05) is 23.5 Å². The zero-order valence-corrected chi connectivity index (χ0v) is 15.0. The van der Waals surface area contributed by atoms with Gasteiger partial charge in [0, 0.05) is 18.3 Å². The third-order valence-corrected chi connectivity index (χ3v) is 4.52. The van der Waals surface area contributed by atoms with E-state index in [0.29, 0.717) is 10.8 Å². The van der Waals surface area contributed by atoms with E-state index >= 15 is 0 Å². The second-order valence-electron chi connectivity index (χ2n) is 5.78. The van der Waals surface area contributed by atoms with E-state index in [1.54, 1.807) is 12.1 Å². The average molecular weight is 354 g/mol. The molecule has 0 aliphatic heterocycles. The average Bonchev–Trinajstić information content (AvgIpc) is 2.91. The highest BCUT2D eigenvalue weighted by Crippen LogP contribution is 2.28. The molecule has 2 aromatic carbocycles. The number of rotatable bonds is 3. The SMILES string of the molecule is CC(=O)Nc1nc2cc(NC(=O)Nc3cc(C)ccc3C)ccc2s1. The molecule has 0 unspecified atom stereocenters. The molecule has 0 aliphatic carbocycles. The van der Waals surface area contributed by atoms with Crippen LogP contribution in [0, 0.1) is 13.8 Å². The minimum absolute atomic E-state index is 0.162. The predicted octanol–water partition coefficient (Wildman–Crippen LogP) is 4.52. The molecule has 0 bridgehead atoms. The number of thiazole rings is 1. The van der Waals surface area contributed by atoms with Gasteiger partial charge in [-0.3, -0.25) is 4.79 Å². The van der Waals surface area contributed by atoms with E-state index in [1.165, 1.54) is 18.3 Å². The van der Waals surface area contributed by atoms with Crippen LogP contribution in [-0.2, 0) is 4.79 Å². The lowest BCUT2D eigenvalue weighted by Crippen LogP contribution is -2.20. The Morgan fingerprint density at radius 1 is 1.00 bits per heavy atom. The number of fused-ring (bicyclic) bond motifs is 1. The number of benzene rings is 2. The van der Waals surface area contributed by atoms with Gasteiger partial charge in [-0.15, -0.1) is 0 Å². The number of carbonyl (C=O) groups is 2. The van der Waals surface area contributed by atoms with Gasteiger partial charge in [-0.05, 0) is 49.2 Å². The number of hydrogen-bond acceptors (Lipinski definition) is 4. The van der Waals surface area contributed by atoms with Crippen LogP contribution >= 0.6 is 11.3 Å². The molecule has 0 aliphatic rings. The molecular formula is C18H18N4O2S. The Balaban J connectivity index is 1.74. The quantitative estimate of drug-likeness (QED) is 0.647. The first kappa shape index (κ1) is 16.9. The molecule has 6 nitrogen and oxygen atoms in total. The monoisotopic (exact) mass is 354 g/mol. The van der Waals surface area contributed by atoms with Crippen LogP contribution in [0.15, 0.2) is 36.4 Å². The molecule has 0 saturated carbocycles. The maximum absolute atomic E-state index is 12.2. The van der Waals surface area contributed by atoms with Gasteiger partial charge in [-0.2, -0.15) is 0 Å². The van der Waals surface area contributed by atoms with Crippen LogP contribution in [0.5, 0.6) is 0 Å². The lowest BCUT2D eigenvalue weighted by molar-refractivity contribution is -0.114. The van der Waals surface area contributed by atoms with E-state index in [0.717, 1.165) is 27.0 Å². The van der Waals surface area contributed by atoms with E-state index in [9.17, 15) is 9.59 Å². The number of nitrogens with one attached hydrogen (secondary N) is 3. The van der Waals surface area contributed by atoms with Crippen molar-refractivity contribution in [1.82, 2.24) is 4.98 Å². The number of aromatic nitrogens is 1. The third kappa shape index (κ3) is 4.13. The van der Waals surface area contributed by atoms with E-state index in [-0.39, 0.29) is 11.9 Å². The number of urea groups is 1. The summed E-state index contributed by atoms with van der Waals surface area (Å²) in [7, 11) is 0. The van der Waals surface area contributed by atoms with Crippen LogP contribution in [0.3, 0.4) is 0 Å². The Bertz CT molecular complexity index is 965. The van der Waals surface area contributed by atoms with Gasteiger partial charge in [0.15, 0.2) is 5.13 Å². The molecule has 0 saturated heterocycles. The molecule has 1 aromatic heterocycles. The zero-order valence-electron chi connectivity index (χ0n) is 14.1. The molecule has 0 atom stereocenters. The molecule has 0 radical (unpaired) electrons. The molecular weight excluding hydrogens is 336 g/mol. The molecule has 3 rings (SSSR count). The highest BCUT2D eigenvalue weighted by Gasteiger charge is 2.09. The first-order chi connectivity index (χ1) is 11.9. The Kier molecular flexibility index (Phi) is 4.67. The van der Waals surface area contributed by atoms with Crippen LogP contribution in [0.4, 0.5) is 21.3 Å². The minimum Gasteiger partial charge on any atom is -0.308 e. The summed E-state index contributed by atoms with van der Waals surface area (Å²) >= 11 is 1.39. The molecule has 0 spiro atoms. The maximum Gasteiger partial charge on any atom is 0.323 e. The molecule has 1 heterocycles. The molecule has 3 N–H and O–H groups in total. The first-order valence-corrected chi connectivity index (χ1v) is 8.56. The van der Waals surface area contributed by atoms with Gasteiger partial charge >= 0.3 is 6.03 Å². The largest absolute Gasteiger partial charge is 0.323 e. The standard InChI is InChI=1S/C18H18N4O2S/c1-10-4-5-11(2)14(8-10)21-17(24)20-13-6-7-16-15(9-13)22-18(25-16)19-12(3)23/h4-9H,1-3H3,(H,19,22,23)(H2,20,21,24). The normalized spacial score (nSPS) is 10.5. The highest BCUT2D eigenvalue weighted by atomic mass is 32.1. The van der Waals surface area contributed by atoms with Crippen molar-refractivity contribution in [1.29, 1.82) is 0 Å². The zero-order chi connectivity index (χ0) is 18.0. The Labute approximate surface area is 149 Å². The maximum atomic E-state index is 12.2. The Morgan fingerprint density at radius 3 is 2.56 bits per heavy atom. The Morgan fingerprint density at radius 2 is 1.80 bits per heavy atom. The van der Waals surface area contributed by atoms with Crippen LogP contribution in [0.25, 0.3) is 10.2 Å². The molecule has 0 fully saturated rings. The molecule has 25 heavy (non-hydrogen) atoms. The van der Waals surface area contributed by atoms with Gasteiger partial charge in [-0.25, -0.2) is 9.78 Å². The number of nitrogens with zero attached hydrogens (tertiary/aromatic N) is 1. The van der Waals surface area contributed by atoms with Gasteiger partial charge in [0.2, 0.25) is 5.91 Å². The van der Waals surface area contributed by atoms with Crippen molar-refractivity contribution < 1.29 is 9.59 Å². The van der Waals surface area contributed by atoms with Crippen LogP contribution < -0.4 is 16.0 Å². The van der Waals surface area contributed by atoms with Crippen molar-refractivity contribution >= 4 is 50.0 Å². The van der Waals surface area contributed by atoms with Crippen molar-refractivity contribution in [2.45, 2.75) is 20.8 Å². The van der Waals surface area contributed by atoms with Crippen LogP contribution in [0.1, 0.15) is 18.1 Å². The van der Waals surface area contributed by atoms with Crippen molar-refractivity contribution in [2.75, 3.05) is 16.0 Å². The van der Waals surface area contributed by atoms with Gasteiger partial charge in [0.25, 0.3) is 0 Å². The fourth-order valence-electron chi connectivity index (χ4n) is 2.36. The highest BCUT2D eigenvalue weighted by molar-refractivity contribution is 7.22. The van der Waals surface area contributed by atoms with Crippen LogP contribution in [-0.4, -0.2) is 16.9 Å². The fourth-order valence-corrected chi connectivity index (χ4v) is 3.26. The minimum atomic E-state index is -0.314. The van der Waals surface area contributed by atoms with Gasteiger partial charge in [0.05, 0.1) is 10.2 Å². The second-order valence-corrected chi connectivity index (χ2v) is 6.81. The molecule has 3 aromatic rings. The summed E-state index contributed by atoms with van der Waals surface area (Å²) in [6, 6.07) is 11.0. The number of aryl methyl sites for hydroxylation is 2. The summed E-state index contributed by atoms with van der Waals surface area (Å²) in [6.45, 7) is 5.36. The summed E-state index contributed by atoms with van der Waals surface area (Å²) in [5, 5.41) is 8.87. The fraction of sp³-hybridized carbons (Fsp3) is 0.167. The van der Waals surface area contributed by atoms with Crippen molar-refractivity contribution in [3.05, 3.63) is 47.5 Å². The number of carbonyl (C=O) groups excluding carboxylic acids is 2. The molecule has 128 valence electrons. The topological polar surface area (TPSA) is 83.1 Å². The summed E-state index contributed by atoms with van der Waals surface area (Å²) in [6.07, 6.45) is 0. The van der Waals surface area contributed by atoms with E-state index in [1.807, 2.05) is 38.1 Å². The lowest BCUT2D eigenvalue weighted by Gasteiger charge is -2.10. The van der Waals surface area contributed by atoms with Crippen molar-refractivity contribution in [3.8, 4) is 0 Å². The van der Waals surface area contributed by atoms with Crippen molar-refractivity contribution in [2.24, 2.45) is 0 Å². The molecule has 7 heteroatoms. The molecule has 3 amide bonds. The van der Waals surface area contributed by atoms with Crippen LogP contribution in [0.2, 0.25) is 0 Å². The Hall–Kier alpha value is -2.93. The smallest absolute Gasteiger partial charge is 0.308 e. The van der Waals surface area contributed by atoms with Crippen molar-refractivity contribution in [3.63, 3.8) is 0 Å². The summed E-state index contributed by atoms with van der Waals surface area (Å²) in [4.78, 5) is 27.7. The lowest BCUT2D eigenvalue weighted by atomic mass is 10.1. The number of amides is 3. The summed E-state index contributed by atoms with van der Waals surface area (Å²) < 4.78 is 0.934. The van der Waals surface area contributed by atoms with Gasteiger partial charge < -0.3 is 16.0 Å². The number of hydrogen-bond donors (Lipinski definition) is 3. The van der Waals surface area contributed by atoms with E-state index < -0.39 is 0 Å².